The summed E-state index contributed by atoms with van der Waals surface area (Å²) < 4.78 is 15.6. The molecule has 1 unspecified atom stereocenters. The molecule has 0 radical (unpaired) electrons. The lowest BCUT2D eigenvalue weighted by Crippen LogP contribution is -2.38. The number of ether oxygens (including phenoxy) is 3. The number of methoxy groups -OCH3 is 2. The van der Waals surface area contributed by atoms with Crippen LogP contribution in [0.3, 0.4) is 0 Å². The number of benzene rings is 1. The van der Waals surface area contributed by atoms with Gasteiger partial charge >= 0.3 is 0 Å². The lowest BCUT2D eigenvalue weighted by molar-refractivity contribution is -0.123. The zero-order valence-corrected chi connectivity index (χ0v) is 11.9. The van der Waals surface area contributed by atoms with Gasteiger partial charge in [-0.1, -0.05) is 18.2 Å². The van der Waals surface area contributed by atoms with Crippen LogP contribution in [0, 0.1) is 0 Å². The van der Waals surface area contributed by atoms with Crippen molar-refractivity contribution in [3.8, 4) is 5.75 Å². The Bertz CT molecular complexity index is 412. The van der Waals surface area contributed by atoms with Gasteiger partial charge in [-0.05, 0) is 6.07 Å². The van der Waals surface area contributed by atoms with E-state index in [0.29, 0.717) is 25.4 Å². The van der Waals surface area contributed by atoms with Crippen LogP contribution in [-0.4, -0.2) is 46.0 Å². The SMILES string of the molecule is COCC(CNC(=O)COc1ccccc1CN)OC. The third-order valence-corrected chi connectivity index (χ3v) is 2.76. The smallest absolute Gasteiger partial charge is 0.258 e. The molecule has 20 heavy (non-hydrogen) atoms. The van der Waals surface area contributed by atoms with Crippen LogP contribution in [0.15, 0.2) is 24.3 Å². The largest absolute Gasteiger partial charge is 0.483 e. The van der Waals surface area contributed by atoms with E-state index in [9.17, 15) is 4.79 Å². The van der Waals surface area contributed by atoms with Gasteiger partial charge in [-0.2, -0.15) is 0 Å². The molecular formula is C14H22N2O4. The van der Waals surface area contributed by atoms with Crippen molar-refractivity contribution in [2.24, 2.45) is 5.73 Å². The molecule has 112 valence electrons. The highest BCUT2D eigenvalue weighted by atomic mass is 16.5. The molecule has 6 heteroatoms. The predicted molar refractivity (Wildman–Crippen MR) is 75.5 cm³/mol. The Morgan fingerprint density at radius 3 is 2.75 bits per heavy atom. The summed E-state index contributed by atoms with van der Waals surface area (Å²) in [5.74, 6) is 0.417. The first-order valence-corrected chi connectivity index (χ1v) is 6.40. The van der Waals surface area contributed by atoms with Gasteiger partial charge in [-0.25, -0.2) is 0 Å². The number of nitrogens with two attached hydrogens (primary N) is 1. The fraction of sp³-hybridized carbons (Fsp3) is 0.500. The number of nitrogens with one attached hydrogen (secondary N) is 1. The third kappa shape index (κ3) is 5.56. The average molecular weight is 282 g/mol. The molecule has 0 aromatic heterocycles. The first-order valence-electron chi connectivity index (χ1n) is 6.40. The maximum absolute atomic E-state index is 11.7. The standard InChI is InChI=1S/C14H22N2O4/c1-18-9-12(19-2)8-16-14(17)10-20-13-6-4-3-5-11(13)7-15/h3-6,12H,7-10,15H2,1-2H3,(H,16,17). The van der Waals surface area contributed by atoms with Gasteiger partial charge in [0.05, 0.1) is 12.7 Å². The highest BCUT2D eigenvalue weighted by Gasteiger charge is 2.10. The summed E-state index contributed by atoms with van der Waals surface area (Å²) in [6, 6.07) is 7.38. The van der Waals surface area contributed by atoms with Crippen LogP contribution in [0.2, 0.25) is 0 Å². The first kappa shape index (κ1) is 16.4. The maximum atomic E-state index is 11.7. The molecule has 1 aromatic rings. The van der Waals surface area contributed by atoms with Gasteiger partial charge in [0.1, 0.15) is 5.75 Å². The minimum absolute atomic E-state index is 0.0551. The molecule has 3 N–H and O–H groups in total. The lowest BCUT2D eigenvalue weighted by atomic mass is 10.2. The highest BCUT2D eigenvalue weighted by Crippen LogP contribution is 2.16. The number of para-hydroxylation sites is 1. The number of carbonyl (C=O) groups excluding carboxylic acids is 1. The van der Waals surface area contributed by atoms with Crippen LogP contribution in [0.4, 0.5) is 0 Å². The monoisotopic (exact) mass is 282 g/mol. The molecular weight excluding hydrogens is 260 g/mol. The predicted octanol–water partition coefficient (Wildman–Crippen LogP) is 0.302. The number of carbonyl (C=O) groups is 1. The van der Waals surface area contributed by atoms with E-state index in [2.05, 4.69) is 5.32 Å². The van der Waals surface area contributed by atoms with Crippen molar-refractivity contribution in [2.45, 2.75) is 12.6 Å². The first-order chi connectivity index (χ1) is 9.71. The fourth-order valence-corrected chi connectivity index (χ4v) is 1.63. The van der Waals surface area contributed by atoms with Crippen LogP contribution in [0.25, 0.3) is 0 Å². The van der Waals surface area contributed by atoms with Crippen molar-refractivity contribution >= 4 is 5.91 Å². The second-order valence-electron chi connectivity index (χ2n) is 4.22. The van der Waals surface area contributed by atoms with Crippen LogP contribution in [-0.2, 0) is 20.8 Å². The van der Waals surface area contributed by atoms with Gasteiger partial charge < -0.3 is 25.3 Å². The highest BCUT2D eigenvalue weighted by molar-refractivity contribution is 5.77. The normalized spacial score (nSPS) is 11.9. The molecule has 0 heterocycles. The van der Waals surface area contributed by atoms with Crippen molar-refractivity contribution in [2.75, 3.05) is 34.0 Å². The van der Waals surface area contributed by atoms with E-state index in [1.807, 2.05) is 18.2 Å². The zero-order chi connectivity index (χ0) is 14.8. The van der Waals surface area contributed by atoms with Crippen LogP contribution in [0.5, 0.6) is 5.75 Å². The molecule has 0 saturated heterocycles. The molecule has 0 bridgehead atoms. The molecule has 0 spiro atoms. The van der Waals surface area contributed by atoms with Crippen LogP contribution >= 0.6 is 0 Å². The average Bonchev–Trinajstić information content (AvgIpc) is 2.49. The number of rotatable bonds is 9. The quantitative estimate of drug-likeness (QED) is 0.681. The summed E-state index contributed by atoms with van der Waals surface area (Å²) in [5, 5.41) is 2.73. The topological polar surface area (TPSA) is 82.8 Å². The van der Waals surface area contributed by atoms with E-state index in [1.165, 1.54) is 0 Å². The summed E-state index contributed by atoms with van der Waals surface area (Å²) in [7, 11) is 3.16. The fourth-order valence-electron chi connectivity index (χ4n) is 1.63. The second kappa shape index (κ2) is 9.30. The third-order valence-electron chi connectivity index (χ3n) is 2.76. The van der Waals surface area contributed by atoms with E-state index in [4.69, 9.17) is 19.9 Å². The molecule has 0 fully saturated rings. The summed E-state index contributed by atoms with van der Waals surface area (Å²) in [6.07, 6.45) is -0.166. The molecule has 1 amide bonds. The Morgan fingerprint density at radius 1 is 1.35 bits per heavy atom. The van der Waals surface area contributed by atoms with E-state index in [1.54, 1.807) is 20.3 Å². The maximum Gasteiger partial charge on any atom is 0.258 e. The Balaban J connectivity index is 2.36. The molecule has 6 nitrogen and oxygen atoms in total. The Labute approximate surface area is 119 Å². The van der Waals surface area contributed by atoms with Gasteiger partial charge in [-0.3, -0.25) is 4.79 Å². The molecule has 0 aliphatic rings. The summed E-state index contributed by atoms with van der Waals surface area (Å²) in [6.45, 7) is 1.12. The van der Waals surface area contributed by atoms with Crippen molar-refractivity contribution in [1.29, 1.82) is 0 Å². The van der Waals surface area contributed by atoms with E-state index in [0.717, 1.165) is 5.56 Å². The molecule has 1 aromatic carbocycles. The molecule has 0 aliphatic carbocycles. The molecule has 1 rings (SSSR count). The van der Waals surface area contributed by atoms with E-state index >= 15 is 0 Å². The van der Waals surface area contributed by atoms with Crippen molar-refractivity contribution in [1.82, 2.24) is 5.32 Å². The number of amides is 1. The zero-order valence-electron chi connectivity index (χ0n) is 11.9. The molecule has 1 atom stereocenters. The Kier molecular flexibility index (Phi) is 7.64. The van der Waals surface area contributed by atoms with Crippen LogP contribution in [0.1, 0.15) is 5.56 Å². The Hall–Kier alpha value is -1.63. The Morgan fingerprint density at radius 2 is 2.10 bits per heavy atom. The number of hydrogen-bond donors (Lipinski definition) is 2. The van der Waals surface area contributed by atoms with Crippen molar-refractivity contribution in [3.05, 3.63) is 29.8 Å². The molecule has 0 aliphatic heterocycles. The van der Waals surface area contributed by atoms with E-state index in [-0.39, 0.29) is 18.6 Å². The van der Waals surface area contributed by atoms with Crippen molar-refractivity contribution < 1.29 is 19.0 Å². The molecule has 0 saturated carbocycles. The van der Waals surface area contributed by atoms with Gasteiger partial charge in [0, 0.05) is 32.9 Å². The van der Waals surface area contributed by atoms with E-state index < -0.39 is 0 Å². The van der Waals surface area contributed by atoms with Gasteiger partial charge in [-0.15, -0.1) is 0 Å². The number of hydrogen-bond acceptors (Lipinski definition) is 5. The van der Waals surface area contributed by atoms with Crippen molar-refractivity contribution in [3.63, 3.8) is 0 Å². The minimum Gasteiger partial charge on any atom is -0.483 e. The van der Waals surface area contributed by atoms with Gasteiger partial charge in [0.25, 0.3) is 5.91 Å². The van der Waals surface area contributed by atoms with Gasteiger partial charge in [0.15, 0.2) is 6.61 Å². The summed E-state index contributed by atoms with van der Waals surface area (Å²) >= 11 is 0. The van der Waals surface area contributed by atoms with Gasteiger partial charge in [0.2, 0.25) is 0 Å². The lowest BCUT2D eigenvalue weighted by Gasteiger charge is -2.15. The van der Waals surface area contributed by atoms with Crippen LogP contribution < -0.4 is 15.8 Å². The summed E-state index contributed by atoms with van der Waals surface area (Å²) in [5.41, 5.74) is 6.47. The minimum atomic E-state index is -0.213. The summed E-state index contributed by atoms with van der Waals surface area (Å²) in [4.78, 5) is 11.7. The second-order valence-corrected chi connectivity index (χ2v) is 4.22.